The molecule has 1 aromatic carbocycles. The molecule has 1 aromatic rings. The summed E-state index contributed by atoms with van der Waals surface area (Å²) in [5.41, 5.74) is 8.60. The molecule has 4 aliphatic rings. The van der Waals surface area contributed by atoms with Gasteiger partial charge in [-0.15, -0.1) is 0 Å². The Morgan fingerprint density at radius 1 is 0.929 bits per heavy atom. The molecule has 10 atom stereocenters. The topological polar surface area (TPSA) is 140 Å². The van der Waals surface area contributed by atoms with Crippen LogP contribution >= 0.6 is 0 Å². The second-order valence-electron chi connectivity index (χ2n) is 20.1. The number of fused-ring (bicyclic) bond motifs is 5. The Hall–Kier alpha value is -3.07. The number of amides is 2. The van der Waals surface area contributed by atoms with Gasteiger partial charge in [-0.3, -0.25) is 4.79 Å². The number of hydrogen-bond donors (Lipinski definition) is 4. The van der Waals surface area contributed by atoms with Crippen LogP contribution in [0.4, 0.5) is 4.79 Å². The number of carbonyl (C=O) groups is 3. The number of phenolic OH excluding ortho intramolecular Hbond substituents is 1. The highest BCUT2D eigenvalue weighted by Gasteiger charge is 2.59. The summed E-state index contributed by atoms with van der Waals surface area (Å²) < 4.78 is 11.6. The number of ether oxygens (including phenoxy) is 2. The molecule has 314 valence electrons. The smallest absolute Gasteiger partial charge is 0.407 e. The first kappa shape index (κ1) is 44.0. The quantitative estimate of drug-likeness (QED) is 0.0745. The fourth-order valence-electron chi connectivity index (χ4n) is 11.5. The lowest BCUT2D eigenvalue weighted by molar-refractivity contribution is -0.155. The summed E-state index contributed by atoms with van der Waals surface area (Å²) in [6, 6.07) is 4.87. The second kappa shape index (κ2) is 18.7. The summed E-state index contributed by atoms with van der Waals surface area (Å²) in [5, 5.41) is 15.3. The van der Waals surface area contributed by atoms with Gasteiger partial charge in [0.05, 0.1) is 6.04 Å². The third-order valence-corrected chi connectivity index (χ3v) is 14.5. The van der Waals surface area contributed by atoms with Gasteiger partial charge in [-0.1, -0.05) is 77.7 Å². The van der Waals surface area contributed by atoms with E-state index < -0.39 is 35.7 Å². The molecule has 0 radical (unpaired) electrons. The fraction of sp³-hybridized carbons (Fsp3) is 0.766. The summed E-state index contributed by atoms with van der Waals surface area (Å²) in [4.78, 5) is 39.4. The molecule has 9 heteroatoms. The lowest BCUT2D eigenvalue weighted by Crippen LogP contribution is -2.52. The van der Waals surface area contributed by atoms with Crippen LogP contribution in [0.5, 0.6) is 5.75 Å². The molecule has 3 saturated carbocycles. The first-order valence-electron chi connectivity index (χ1n) is 22.1. The van der Waals surface area contributed by atoms with Gasteiger partial charge in [0, 0.05) is 13.0 Å². The van der Waals surface area contributed by atoms with Crippen LogP contribution in [0.1, 0.15) is 151 Å². The Bertz CT molecular complexity index is 1520. The average Bonchev–Trinajstić information content (AvgIpc) is 3.48. The zero-order chi connectivity index (χ0) is 40.8. The van der Waals surface area contributed by atoms with E-state index in [4.69, 9.17) is 15.2 Å². The molecule has 0 unspecified atom stereocenters. The number of hydrogen-bond acceptors (Lipinski definition) is 7. The number of unbranched alkanes of at least 4 members (excludes halogenated alkanes) is 1. The number of carbonyl (C=O) groups excluding carboxylic acids is 3. The predicted octanol–water partition coefficient (Wildman–Crippen LogP) is 9.40. The van der Waals surface area contributed by atoms with Crippen molar-refractivity contribution in [3.8, 4) is 5.75 Å². The van der Waals surface area contributed by atoms with Gasteiger partial charge in [-0.05, 0) is 155 Å². The molecule has 2 amide bonds. The van der Waals surface area contributed by atoms with E-state index in [1.807, 2.05) is 20.8 Å². The number of aromatic hydroxyl groups is 1. The molecular weight excluding hydrogens is 703 g/mol. The van der Waals surface area contributed by atoms with Gasteiger partial charge < -0.3 is 30.9 Å². The average molecular weight is 778 g/mol. The first-order chi connectivity index (χ1) is 26.4. The van der Waals surface area contributed by atoms with Gasteiger partial charge in [0.1, 0.15) is 23.5 Å². The van der Waals surface area contributed by atoms with Crippen molar-refractivity contribution in [2.45, 2.75) is 175 Å². The van der Waals surface area contributed by atoms with Crippen molar-refractivity contribution in [2.75, 3.05) is 6.54 Å². The Morgan fingerprint density at radius 3 is 2.36 bits per heavy atom. The molecule has 3 fully saturated rings. The highest BCUT2D eigenvalue weighted by molar-refractivity contribution is 5.87. The van der Waals surface area contributed by atoms with Crippen LogP contribution in [0.15, 0.2) is 35.9 Å². The Kier molecular flexibility index (Phi) is 14.7. The predicted molar refractivity (Wildman–Crippen MR) is 223 cm³/mol. The molecule has 0 spiro atoms. The van der Waals surface area contributed by atoms with Crippen molar-refractivity contribution in [3.05, 3.63) is 41.5 Å². The number of esters is 1. The summed E-state index contributed by atoms with van der Waals surface area (Å²) >= 11 is 0. The Labute approximate surface area is 338 Å². The maximum atomic E-state index is 13.9. The number of rotatable bonds is 16. The third-order valence-electron chi connectivity index (χ3n) is 14.5. The maximum absolute atomic E-state index is 13.9. The maximum Gasteiger partial charge on any atom is 0.407 e. The molecule has 0 heterocycles. The molecular formula is C47H75N3O6. The van der Waals surface area contributed by atoms with E-state index in [0.29, 0.717) is 37.1 Å². The van der Waals surface area contributed by atoms with Gasteiger partial charge in [-0.2, -0.15) is 0 Å². The minimum atomic E-state index is -0.875. The Balaban J connectivity index is 1.19. The van der Waals surface area contributed by atoms with E-state index >= 15 is 0 Å². The van der Waals surface area contributed by atoms with E-state index in [2.05, 4.69) is 51.3 Å². The van der Waals surface area contributed by atoms with E-state index in [9.17, 15) is 19.5 Å². The number of benzene rings is 1. The molecule has 4 aliphatic carbocycles. The van der Waals surface area contributed by atoms with Gasteiger partial charge in [0.2, 0.25) is 5.91 Å². The lowest BCUT2D eigenvalue weighted by Gasteiger charge is -2.58. The van der Waals surface area contributed by atoms with Crippen LogP contribution in [-0.4, -0.2) is 53.4 Å². The third kappa shape index (κ3) is 10.9. The standard InChI is InChI=1S/C47H75N3O6/c1-30(2)12-11-13-31(3)37-21-22-38-36-20-17-33-29-35(23-25-46(33,7)39(36)24-26-47(37,38)8)55-43(53)41(14-9-10-27-49-44(54)56-45(4,5)6)50-42(52)40(48)28-32-15-18-34(51)19-16-32/h15-19,30-31,35-41,51H,9-14,20-29,48H2,1-8H3,(H,49,54)(H,50,52)/t31-,35+,36+,37-,38+,39+,40+,41+,46+,47-/m1/s1. The molecule has 9 nitrogen and oxygen atoms in total. The molecule has 5 rings (SSSR count). The van der Waals surface area contributed by atoms with Gasteiger partial charge >= 0.3 is 12.1 Å². The van der Waals surface area contributed by atoms with Gasteiger partial charge in [0.25, 0.3) is 0 Å². The summed E-state index contributed by atoms with van der Waals surface area (Å²) in [5.74, 6) is 3.94. The summed E-state index contributed by atoms with van der Waals surface area (Å²) in [6.45, 7) is 18.2. The van der Waals surface area contributed by atoms with Crippen molar-refractivity contribution in [1.82, 2.24) is 10.6 Å². The van der Waals surface area contributed by atoms with Crippen molar-refractivity contribution in [3.63, 3.8) is 0 Å². The molecule has 0 aliphatic heterocycles. The largest absolute Gasteiger partial charge is 0.508 e. The van der Waals surface area contributed by atoms with Crippen LogP contribution in [0.25, 0.3) is 0 Å². The highest BCUT2D eigenvalue weighted by Crippen LogP contribution is 2.67. The van der Waals surface area contributed by atoms with E-state index in [-0.39, 0.29) is 23.7 Å². The molecule has 0 bridgehead atoms. The van der Waals surface area contributed by atoms with Crippen molar-refractivity contribution < 1.29 is 29.0 Å². The van der Waals surface area contributed by atoms with E-state index in [0.717, 1.165) is 60.8 Å². The zero-order valence-corrected chi connectivity index (χ0v) is 36.0. The molecule has 56 heavy (non-hydrogen) atoms. The van der Waals surface area contributed by atoms with E-state index in [1.165, 1.54) is 50.5 Å². The minimum absolute atomic E-state index is 0.143. The molecule has 0 saturated heterocycles. The van der Waals surface area contributed by atoms with Crippen LogP contribution in [-0.2, 0) is 25.5 Å². The second-order valence-corrected chi connectivity index (χ2v) is 20.1. The molecule has 0 aromatic heterocycles. The van der Waals surface area contributed by atoms with Gasteiger partial charge in [-0.25, -0.2) is 9.59 Å². The molecule has 5 N–H and O–H groups in total. The number of alkyl carbamates (subject to hydrolysis) is 1. The van der Waals surface area contributed by atoms with Crippen molar-refractivity contribution in [1.29, 1.82) is 0 Å². The number of nitrogens with two attached hydrogens (primary N) is 1. The van der Waals surface area contributed by atoms with Gasteiger partial charge in [0.15, 0.2) is 0 Å². The number of phenols is 1. The monoisotopic (exact) mass is 778 g/mol. The summed E-state index contributed by atoms with van der Waals surface area (Å²) in [7, 11) is 0. The highest BCUT2D eigenvalue weighted by atomic mass is 16.6. The lowest BCUT2D eigenvalue weighted by atomic mass is 9.47. The summed E-state index contributed by atoms with van der Waals surface area (Å²) in [6.07, 6.45) is 16.8. The van der Waals surface area contributed by atoms with Crippen LogP contribution in [0.2, 0.25) is 0 Å². The van der Waals surface area contributed by atoms with Crippen molar-refractivity contribution in [2.24, 2.45) is 52.1 Å². The normalized spacial score (nSPS) is 30.2. The van der Waals surface area contributed by atoms with Crippen molar-refractivity contribution >= 4 is 18.0 Å². The van der Waals surface area contributed by atoms with E-state index in [1.54, 1.807) is 24.3 Å². The number of nitrogens with one attached hydrogen (secondary N) is 2. The fourth-order valence-corrected chi connectivity index (χ4v) is 11.5. The van der Waals surface area contributed by atoms with Crippen LogP contribution in [0, 0.1) is 46.3 Å². The van der Waals surface area contributed by atoms with Crippen LogP contribution < -0.4 is 16.4 Å². The number of allylic oxidation sites excluding steroid dienone is 1. The SMILES string of the molecule is CC(C)CCC[C@@H](C)[C@H]1CC[C@H]2[C@@H]3CC=C4C[C@@H](OC(=O)[C@H](CCCCNC(=O)OC(C)(C)C)NC(=O)[C@@H](N)Cc5ccc(O)cc5)CC[C@]4(C)[C@H]3CC[C@]12C. The first-order valence-corrected chi connectivity index (χ1v) is 22.1. The van der Waals surface area contributed by atoms with Crippen LogP contribution in [0.3, 0.4) is 0 Å². The Morgan fingerprint density at radius 2 is 1.66 bits per heavy atom. The minimum Gasteiger partial charge on any atom is -0.508 e. The zero-order valence-electron chi connectivity index (χ0n) is 36.0.